The lowest BCUT2D eigenvalue weighted by Gasteiger charge is -2.23. The molecule has 2 rings (SSSR count). The Morgan fingerprint density at radius 2 is 1.74 bits per heavy atom. The molecule has 1 aromatic rings. The van der Waals surface area contributed by atoms with Crippen LogP contribution in [0.5, 0.6) is 5.75 Å². The van der Waals surface area contributed by atoms with Crippen LogP contribution in [-0.4, -0.2) is 31.0 Å². The SMILES string of the molecule is COc1cc(C)cc(C)c1C(=O)N1CCCCCC1. The standard InChI is InChI=1S/C16H23NO2/c1-12-10-13(2)15(14(11-12)19-3)16(18)17-8-6-4-5-7-9-17/h10-11H,4-9H2,1-3H3. The number of benzene rings is 1. The summed E-state index contributed by atoms with van der Waals surface area (Å²) in [6.07, 6.45) is 4.68. The first kappa shape index (κ1) is 13.9. The highest BCUT2D eigenvalue weighted by atomic mass is 16.5. The lowest BCUT2D eigenvalue weighted by molar-refractivity contribution is 0.0757. The molecule has 1 aliphatic rings. The van der Waals surface area contributed by atoms with Gasteiger partial charge in [-0.15, -0.1) is 0 Å². The summed E-state index contributed by atoms with van der Waals surface area (Å²) in [6, 6.07) is 3.99. The van der Waals surface area contributed by atoms with Gasteiger partial charge in [-0.05, 0) is 43.9 Å². The second-order valence-corrected chi connectivity index (χ2v) is 5.37. The fourth-order valence-corrected chi connectivity index (χ4v) is 2.80. The fourth-order valence-electron chi connectivity index (χ4n) is 2.80. The van der Waals surface area contributed by atoms with E-state index in [1.165, 1.54) is 12.8 Å². The molecule has 0 bridgehead atoms. The summed E-state index contributed by atoms with van der Waals surface area (Å²) in [5.41, 5.74) is 2.86. The van der Waals surface area contributed by atoms with Crippen molar-refractivity contribution >= 4 is 5.91 Å². The molecule has 1 fully saturated rings. The van der Waals surface area contributed by atoms with Crippen LogP contribution in [0, 0.1) is 13.8 Å². The molecule has 1 aliphatic heterocycles. The summed E-state index contributed by atoms with van der Waals surface area (Å²) < 4.78 is 5.40. The molecule has 1 aromatic carbocycles. The molecule has 3 heteroatoms. The number of ether oxygens (including phenoxy) is 1. The van der Waals surface area contributed by atoms with Gasteiger partial charge >= 0.3 is 0 Å². The van der Waals surface area contributed by atoms with Crippen LogP contribution < -0.4 is 4.74 Å². The normalized spacial score (nSPS) is 16.1. The summed E-state index contributed by atoms with van der Waals surface area (Å²) >= 11 is 0. The minimum absolute atomic E-state index is 0.122. The largest absolute Gasteiger partial charge is 0.496 e. The van der Waals surface area contributed by atoms with E-state index in [0.29, 0.717) is 5.75 Å². The molecule has 1 amide bonds. The van der Waals surface area contributed by atoms with Crippen molar-refractivity contribution in [2.24, 2.45) is 0 Å². The lowest BCUT2D eigenvalue weighted by atomic mass is 10.0. The second kappa shape index (κ2) is 6.09. The summed E-state index contributed by atoms with van der Waals surface area (Å²) in [7, 11) is 1.63. The average molecular weight is 261 g/mol. The quantitative estimate of drug-likeness (QED) is 0.817. The van der Waals surface area contributed by atoms with E-state index in [-0.39, 0.29) is 5.91 Å². The van der Waals surface area contributed by atoms with Crippen LogP contribution in [0.25, 0.3) is 0 Å². The third-order valence-electron chi connectivity index (χ3n) is 3.77. The van der Waals surface area contributed by atoms with Gasteiger partial charge in [-0.1, -0.05) is 18.9 Å². The van der Waals surface area contributed by atoms with E-state index in [1.54, 1.807) is 7.11 Å². The van der Waals surface area contributed by atoms with Gasteiger partial charge in [0.15, 0.2) is 0 Å². The summed E-state index contributed by atoms with van der Waals surface area (Å²) in [5, 5.41) is 0. The predicted octanol–water partition coefficient (Wildman–Crippen LogP) is 3.33. The monoisotopic (exact) mass is 261 g/mol. The van der Waals surface area contributed by atoms with Crippen LogP contribution in [0.15, 0.2) is 12.1 Å². The molecule has 0 radical (unpaired) electrons. The molecular weight excluding hydrogens is 238 g/mol. The highest BCUT2D eigenvalue weighted by molar-refractivity contribution is 5.98. The number of nitrogens with zero attached hydrogens (tertiary/aromatic N) is 1. The first-order chi connectivity index (χ1) is 9.13. The highest BCUT2D eigenvalue weighted by Crippen LogP contribution is 2.26. The van der Waals surface area contributed by atoms with Crippen molar-refractivity contribution in [3.8, 4) is 5.75 Å². The zero-order valence-corrected chi connectivity index (χ0v) is 12.2. The maximum Gasteiger partial charge on any atom is 0.257 e. The molecule has 0 atom stereocenters. The summed E-state index contributed by atoms with van der Waals surface area (Å²) in [6.45, 7) is 5.75. The van der Waals surface area contributed by atoms with Gasteiger partial charge in [-0.3, -0.25) is 4.79 Å². The number of methoxy groups -OCH3 is 1. The van der Waals surface area contributed by atoms with Crippen LogP contribution >= 0.6 is 0 Å². The van der Waals surface area contributed by atoms with Crippen molar-refractivity contribution in [3.63, 3.8) is 0 Å². The Morgan fingerprint density at radius 1 is 1.11 bits per heavy atom. The minimum Gasteiger partial charge on any atom is -0.496 e. The number of aryl methyl sites for hydroxylation is 2. The van der Waals surface area contributed by atoms with Crippen LogP contribution in [0.2, 0.25) is 0 Å². The Morgan fingerprint density at radius 3 is 2.32 bits per heavy atom. The Balaban J connectivity index is 2.31. The molecule has 1 heterocycles. The molecule has 0 aliphatic carbocycles. The van der Waals surface area contributed by atoms with Crippen molar-refractivity contribution in [1.82, 2.24) is 4.90 Å². The highest BCUT2D eigenvalue weighted by Gasteiger charge is 2.22. The van der Waals surface area contributed by atoms with E-state index in [9.17, 15) is 4.79 Å². The Labute approximate surface area is 115 Å². The Kier molecular flexibility index (Phi) is 4.46. The van der Waals surface area contributed by atoms with Crippen molar-refractivity contribution in [2.75, 3.05) is 20.2 Å². The van der Waals surface area contributed by atoms with Crippen molar-refractivity contribution in [2.45, 2.75) is 39.5 Å². The molecule has 104 valence electrons. The van der Waals surface area contributed by atoms with Crippen molar-refractivity contribution in [1.29, 1.82) is 0 Å². The van der Waals surface area contributed by atoms with Gasteiger partial charge in [0, 0.05) is 13.1 Å². The molecule has 1 saturated heterocycles. The second-order valence-electron chi connectivity index (χ2n) is 5.37. The van der Waals surface area contributed by atoms with Gasteiger partial charge in [-0.2, -0.15) is 0 Å². The summed E-state index contributed by atoms with van der Waals surface area (Å²) in [5.74, 6) is 0.822. The van der Waals surface area contributed by atoms with Gasteiger partial charge in [0.1, 0.15) is 5.75 Å². The number of likely N-dealkylation sites (tertiary alicyclic amines) is 1. The molecule has 3 nitrogen and oxygen atoms in total. The number of hydrogen-bond acceptors (Lipinski definition) is 2. The third kappa shape index (κ3) is 3.09. The van der Waals surface area contributed by atoms with Crippen LogP contribution in [0.3, 0.4) is 0 Å². The number of rotatable bonds is 2. The molecule has 19 heavy (non-hydrogen) atoms. The lowest BCUT2D eigenvalue weighted by Crippen LogP contribution is -2.32. The summed E-state index contributed by atoms with van der Waals surface area (Å²) in [4.78, 5) is 14.7. The van der Waals surface area contributed by atoms with E-state index in [0.717, 1.165) is 42.6 Å². The first-order valence-electron chi connectivity index (χ1n) is 7.08. The topological polar surface area (TPSA) is 29.5 Å². The van der Waals surface area contributed by atoms with Gasteiger partial charge in [0.05, 0.1) is 12.7 Å². The predicted molar refractivity (Wildman–Crippen MR) is 76.8 cm³/mol. The molecule has 0 N–H and O–H groups in total. The molecule has 0 aromatic heterocycles. The molecule has 0 saturated carbocycles. The van der Waals surface area contributed by atoms with Gasteiger partial charge < -0.3 is 9.64 Å². The minimum atomic E-state index is 0.122. The zero-order chi connectivity index (χ0) is 13.8. The smallest absolute Gasteiger partial charge is 0.257 e. The van der Waals surface area contributed by atoms with Gasteiger partial charge in [-0.25, -0.2) is 0 Å². The van der Waals surface area contributed by atoms with Gasteiger partial charge in [0.25, 0.3) is 5.91 Å². The fraction of sp³-hybridized carbons (Fsp3) is 0.562. The Bertz CT molecular complexity index is 460. The number of carbonyl (C=O) groups is 1. The van der Waals surface area contributed by atoms with Gasteiger partial charge in [0.2, 0.25) is 0 Å². The maximum absolute atomic E-state index is 12.7. The van der Waals surface area contributed by atoms with Crippen molar-refractivity contribution < 1.29 is 9.53 Å². The van der Waals surface area contributed by atoms with Crippen LogP contribution in [0.1, 0.15) is 47.2 Å². The van der Waals surface area contributed by atoms with Crippen molar-refractivity contribution in [3.05, 3.63) is 28.8 Å². The molecule has 0 spiro atoms. The van der Waals surface area contributed by atoms with E-state index < -0.39 is 0 Å². The molecular formula is C16H23NO2. The number of hydrogen-bond donors (Lipinski definition) is 0. The molecule has 0 unspecified atom stereocenters. The van der Waals surface area contributed by atoms with Crippen LogP contribution in [-0.2, 0) is 0 Å². The van der Waals surface area contributed by atoms with E-state index >= 15 is 0 Å². The average Bonchev–Trinajstić information content (AvgIpc) is 2.65. The third-order valence-corrected chi connectivity index (χ3v) is 3.77. The van der Waals surface area contributed by atoms with E-state index in [1.807, 2.05) is 30.9 Å². The first-order valence-corrected chi connectivity index (χ1v) is 7.08. The van der Waals surface area contributed by atoms with E-state index in [4.69, 9.17) is 4.74 Å². The maximum atomic E-state index is 12.7. The Hall–Kier alpha value is -1.51. The van der Waals surface area contributed by atoms with E-state index in [2.05, 4.69) is 0 Å². The number of carbonyl (C=O) groups excluding carboxylic acids is 1. The number of amides is 1. The zero-order valence-electron chi connectivity index (χ0n) is 12.2. The van der Waals surface area contributed by atoms with Crippen LogP contribution in [0.4, 0.5) is 0 Å².